The smallest absolute Gasteiger partial charge is 0.127 e. The average molecular weight is 279 g/mol. The molecule has 3 heteroatoms. The number of rotatable bonds is 4. The summed E-state index contributed by atoms with van der Waals surface area (Å²) in [6.07, 6.45) is 4.26. The molecule has 0 radical (unpaired) electrons. The van der Waals surface area contributed by atoms with Crippen LogP contribution in [-0.2, 0) is 6.42 Å². The van der Waals surface area contributed by atoms with Crippen LogP contribution in [-0.4, -0.2) is 12.1 Å². The molecule has 112 valence electrons. The van der Waals surface area contributed by atoms with E-state index in [2.05, 4.69) is 13.8 Å². The quantitative estimate of drug-likeness (QED) is 0.906. The monoisotopic (exact) mass is 279 g/mol. The fourth-order valence-electron chi connectivity index (χ4n) is 3.34. The molecule has 0 bridgehead atoms. The van der Waals surface area contributed by atoms with Gasteiger partial charge in [-0.25, -0.2) is 4.39 Å². The summed E-state index contributed by atoms with van der Waals surface area (Å²) in [4.78, 5) is 0. The Morgan fingerprint density at radius 3 is 2.45 bits per heavy atom. The van der Waals surface area contributed by atoms with Crippen LogP contribution < -0.4 is 10.5 Å². The Morgan fingerprint density at radius 1 is 1.20 bits per heavy atom. The van der Waals surface area contributed by atoms with Gasteiger partial charge in [0.15, 0.2) is 0 Å². The third-order valence-electron chi connectivity index (χ3n) is 3.93. The molecule has 1 aliphatic carbocycles. The van der Waals surface area contributed by atoms with E-state index in [1.807, 2.05) is 13.0 Å². The number of benzene rings is 1. The van der Waals surface area contributed by atoms with Gasteiger partial charge in [0.1, 0.15) is 11.6 Å². The van der Waals surface area contributed by atoms with Crippen LogP contribution in [0.4, 0.5) is 4.39 Å². The second-order valence-corrected chi connectivity index (χ2v) is 6.63. The van der Waals surface area contributed by atoms with Crippen LogP contribution in [0, 0.1) is 17.7 Å². The lowest BCUT2D eigenvalue weighted by Gasteiger charge is -2.31. The van der Waals surface area contributed by atoms with E-state index in [1.54, 1.807) is 6.07 Å². The van der Waals surface area contributed by atoms with Crippen molar-refractivity contribution in [2.75, 3.05) is 0 Å². The summed E-state index contributed by atoms with van der Waals surface area (Å²) >= 11 is 0. The molecule has 2 nitrogen and oxygen atoms in total. The Kier molecular flexibility index (Phi) is 5.03. The SMILES string of the molecule is CC(N)Cc1cc(F)cc(OC2CC(C)CC(C)C2)c1. The fourth-order valence-corrected chi connectivity index (χ4v) is 3.34. The first-order valence-electron chi connectivity index (χ1n) is 7.64. The van der Waals surface area contributed by atoms with Gasteiger partial charge in [-0.05, 0) is 62.1 Å². The van der Waals surface area contributed by atoms with Gasteiger partial charge in [0.05, 0.1) is 6.10 Å². The molecule has 3 atom stereocenters. The zero-order valence-corrected chi connectivity index (χ0v) is 12.7. The van der Waals surface area contributed by atoms with Gasteiger partial charge in [-0.2, -0.15) is 0 Å². The average Bonchev–Trinajstić information content (AvgIpc) is 2.24. The van der Waals surface area contributed by atoms with Crippen molar-refractivity contribution in [2.45, 2.75) is 58.6 Å². The van der Waals surface area contributed by atoms with Crippen LogP contribution in [0.15, 0.2) is 18.2 Å². The van der Waals surface area contributed by atoms with Gasteiger partial charge in [-0.3, -0.25) is 0 Å². The molecule has 2 N–H and O–H groups in total. The minimum atomic E-state index is -0.241. The molecule has 20 heavy (non-hydrogen) atoms. The molecule has 2 rings (SSSR count). The molecule has 1 fully saturated rings. The van der Waals surface area contributed by atoms with Crippen LogP contribution in [0.3, 0.4) is 0 Å². The lowest BCUT2D eigenvalue weighted by Crippen LogP contribution is -2.28. The largest absolute Gasteiger partial charge is 0.490 e. The highest BCUT2D eigenvalue weighted by Crippen LogP contribution is 2.31. The van der Waals surface area contributed by atoms with Crippen molar-refractivity contribution in [1.29, 1.82) is 0 Å². The minimum absolute atomic E-state index is 0.0272. The number of nitrogens with two attached hydrogens (primary N) is 1. The molecule has 1 saturated carbocycles. The van der Waals surface area contributed by atoms with Crippen molar-refractivity contribution < 1.29 is 9.13 Å². The van der Waals surface area contributed by atoms with E-state index in [-0.39, 0.29) is 18.0 Å². The van der Waals surface area contributed by atoms with Gasteiger partial charge in [0.2, 0.25) is 0 Å². The molecule has 3 unspecified atom stereocenters. The number of ether oxygens (including phenoxy) is 1. The van der Waals surface area contributed by atoms with Crippen molar-refractivity contribution in [1.82, 2.24) is 0 Å². The van der Waals surface area contributed by atoms with Gasteiger partial charge in [0, 0.05) is 12.1 Å². The summed E-state index contributed by atoms with van der Waals surface area (Å²) in [5.74, 6) is 1.77. The van der Waals surface area contributed by atoms with Crippen LogP contribution in [0.1, 0.15) is 45.6 Å². The summed E-state index contributed by atoms with van der Waals surface area (Å²) in [5.41, 5.74) is 6.69. The van der Waals surface area contributed by atoms with Crippen molar-refractivity contribution in [3.8, 4) is 5.75 Å². The fraction of sp³-hybridized carbons (Fsp3) is 0.647. The molecular weight excluding hydrogens is 253 g/mol. The molecular formula is C17H26FNO. The summed E-state index contributed by atoms with van der Waals surface area (Å²) in [6, 6.07) is 4.98. The first-order chi connectivity index (χ1) is 9.42. The van der Waals surface area contributed by atoms with Gasteiger partial charge in [0.25, 0.3) is 0 Å². The van der Waals surface area contributed by atoms with Crippen molar-refractivity contribution >= 4 is 0 Å². The predicted octanol–water partition coefficient (Wildman–Crippen LogP) is 3.92. The summed E-state index contributed by atoms with van der Waals surface area (Å²) < 4.78 is 19.7. The molecule has 1 aromatic rings. The van der Waals surface area contributed by atoms with Crippen LogP contribution in [0.25, 0.3) is 0 Å². The van der Waals surface area contributed by atoms with E-state index < -0.39 is 0 Å². The van der Waals surface area contributed by atoms with E-state index in [9.17, 15) is 4.39 Å². The van der Waals surface area contributed by atoms with E-state index >= 15 is 0 Å². The highest BCUT2D eigenvalue weighted by atomic mass is 19.1. The van der Waals surface area contributed by atoms with Gasteiger partial charge in [-0.1, -0.05) is 13.8 Å². The Bertz CT molecular complexity index is 437. The standard InChI is InChI=1S/C17H26FNO/c1-11-4-12(2)6-16(5-11)20-17-9-14(7-13(3)19)8-15(18)10-17/h8-13,16H,4-7,19H2,1-3H3. The van der Waals surface area contributed by atoms with E-state index in [1.165, 1.54) is 12.5 Å². The molecule has 0 saturated heterocycles. The third kappa shape index (κ3) is 4.48. The van der Waals surface area contributed by atoms with E-state index in [0.717, 1.165) is 18.4 Å². The maximum absolute atomic E-state index is 13.7. The second-order valence-electron chi connectivity index (χ2n) is 6.63. The highest BCUT2D eigenvalue weighted by molar-refractivity contribution is 5.30. The lowest BCUT2D eigenvalue weighted by molar-refractivity contribution is 0.101. The predicted molar refractivity (Wildman–Crippen MR) is 80.3 cm³/mol. The van der Waals surface area contributed by atoms with Crippen molar-refractivity contribution in [3.05, 3.63) is 29.6 Å². The second kappa shape index (κ2) is 6.57. The topological polar surface area (TPSA) is 35.2 Å². The minimum Gasteiger partial charge on any atom is -0.490 e. The van der Waals surface area contributed by atoms with Crippen molar-refractivity contribution in [3.63, 3.8) is 0 Å². The maximum Gasteiger partial charge on any atom is 0.127 e. The molecule has 0 aliphatic heterocycles. The Hall–Kier alpha value is -1.09. The third-order valence-corrected chi connectivity index (χ3v) is 3.93. The van der Waals surface area contributed by atoms with Crippen LogP contribution in [0.5, 0.6) is 5.75 Å². The first kappa shape index (κ1) is 15.3. The van der Waals surface area contributed by atoms with Gasteiger partial charge < -0.3 is 10.5 Å². The van der Waals surface area contributed by atoms with Crippen molar-refractivity contribution in [2.24, 2.45) is 17.6 Å². The van der Waals surface area contributed by atoms with E-state index in [4.69, 9.17) is 10.5 Å². The van der Waals surface area contributed by atoms with E-state index in [0.29, 0.717) is 24.0 Å². The Labute approximate surface area is 121 Å². The normalized spacial score (nSPS) is 28.1. The highest BCUT2D eigenvalue weighted by Gasteiger charge is 2.25. The summed E-state index contributed by atoms with van der Waals surface area (Å²) in [6.45, 7) is 6.45. The number of halogens is 1. The first-order valence-corrected chi connectivity index (χ1v) is 7.64. The van der Waals surface area contributed by atoms with Gasteiger partial charge >= 0.3 is 0 Å². The number of hydrogen-bond donors (Lipinski definition) is 1. The van der Waals surface area contributed by atoms with Crippen LogP contribution >= 0.6 is 0 Å². The maximum atomic E-state index is 13.7. The zero-order valence-electron chi connectivity index (χ0n) is 12.7. The van der Waals surface area contributed by atoms with Gasteiger partial charge in [-0.15, -0.1) is 0 Å². The molecule has 1 aliphatic rings. The molecule has 1 aromatic carbocycles. The van der Waals surface area contributed by atoms with Crippen LogP contribution in [0.2, 0.25) is 0 Å². The summed E-state index contributed by atoms with van der Waals surface area (Å²) in [5, 5.41) is 0. The Morgan fingerprint density at radius 2 is 1.85 bits per heavy atom. The lowest BCUT2D eigenvalue weighted by atomic mass is 9.82. The zero-order chi connectivity index (χ0) is 14.7. The molecule has 0 aromatic heterocycles. The molecule has 0 spiro atoms. The summed E-state index contributed by atoms with van der Waals surface area (Å²) in [7, 11) is 0. The Balaban J connectivity index is 2.06. The number of hydrogen-bond acceptors (Lipinski definition) is 2. The molecule has 0 heterocycles. The molecule has 0 amide bonds.